The Bertz CT molecular complexity index is 488. The average Bonchev–Trinajstić information content (AvgIpc) is 2.50. The van der Waals surface area contributed by atoms with E-state index in [2.05, 4.69) is 10.3 Å². The van der Waals surface area contributed by atoms with Crippen molar-refractivity contribution in [3.05, 3.63) is 23.5 Å². The molecule has 0 aliphatic carbocycles. The second kappa shape index (κ2) is 5.44. The summed E-state index contributed by atoms with van der Waals surface area (Å²) in [4.78, 5) is 4.20. The molecule has 0 saturated heterocycles. The molecule has 1 unspecified atom stereocenters. The molecule has 0 radical (unpaired) electrons. The molecule has 5 heteroatoms. The average molecular weight is 266 g/mol. The highest BCUT2D eigenvalue weighted by Gasteiger charge is 2.15. The van der Waals surface area contributed by atoms with Crippen LogP contribution in [0.25, 0.3) is 0 Å². The van der Waals surface area contributed by atoms with Gasteiger partial charge in [-0.1, -0.05) is 12.2 Å². The maximum absolute atomic E-state index is 13.8. The second-order valence-corrected chi connectivity index (χ2v) is 4.69. The van der Waals surface area contributed by atoms with Crippen molar-refractivity contribution >= 4 is 29.5 Å². The van der Waals surface area contributed by atoms with E-state index in [0.29, 0.717) is 12.1 Å². The first kappa shape index (κ1) is 13.0. The molecule has 1 atom stereocenters. The summed E-state index contributed by atoms with van der Waals surface area (Å²) in [6, 6.07) is 3.07. The van der Waals surface area contributed by atoms with Crippen LogP contribution in [-0.4, -0.2) is 30.3 Å². The van der Waals surface area contributed by atoms with Crippen molar-refractivity contribution in [1.82, 2.24) is 0 Å². The lowest BCUT2D eigenvalue weighted by atomic mass is 10.1. The second-order valence-electron chi connectivity index (χ2n) is 4.42. The largest absolute Gasteiger partial charge is 0.488 e. The van der Waals surface area contributed by atoms with Crippen molar-refractivity contribution in [3.8, 4) is 5.75 Å². The van der Waals surface area contributed by atoms with E-state index in [4.69, 9.17) is 17.0 Å². The van der Waals surface area contributed by atoms with Crippen molar-refractivity contribution < 1.29 is 9.13 Å². The number of hydrogen-bond donors (Lipinski definition) is 1. The molecule has 1 aromatic rings. The van der Waals surface area contributed by atoms with E-state index in [1.165, 1.54) is 6.07 Å². The summed E-state index contributed by atoms with van der Waals surface area (Å²) < 4.78 is 19.2. The Labute approximate surface area is 111 Å². The molecule has 1 aliphatic rings. The SMILES string of the molecule is CC(C)Oc1cc2c(cc1F)C=NCC(C=S)N2. The van der Waals surface area contributed by atoms with Crippen LogP contribution in [0.5, 0.6) is 5.75 Å². The fraction of sp³-hybridized carbons (Fsp3) is 0.385. The van der Waals surface area contributed by atoms with Gasteiger partial charge < -0.3 is 10.1 Å². The number of nitrogens with zero attached hydrogens (tertiary/aromatic N) is 1. The molecule has 0 fully saturated rings. The van der Waals surface area contributed by atoms with Gasteiger partial charge in [-0.05, 0) is 19.9 Å². The fourth-order valence-corrected chi connectivity index (χ4v) is 1.89. The summed E-state index contributed by atoms with van der Waals surface area (Å²) in [5.74, 6) is -0.133. The summed E-state index contributed by atoms with van der Waals surface area (Å²) in [6.07, 6.45) is 1.59. The Morgan fingerprint density at radius 3 is 3.00 bits per heavy atom. The first-order valence-electron chi connectivity index (χ1n) is 5.82. The van der Waals surface area contributed by atoms with Gasteiger partial charge in [0.1, 0.15) is 0 Å². The fourth-order valence-electron chi connectivity index (χ4n) is 1.73. The quantitative estimate of drug-likeness (QED) is 0.854. The monoisotopic (exact) mass is 266 g/mol. The first-order valence-corrected chi connectivity index (χ1v) is 6.29. The number of hydrogen-bond acceptors (Lipinski definition) is 4. The molecule has 0 bridgehead atoms. The topological polar surface area (TPSA) is 33.6 Å². The van der Waals surface area contributed by atoms with Crippen molar-refractivity contribution in [3.63, 3.8) is 0 Å². The van der Waals surface area contributed by atoms with E-state index in [-0.39, 0.29) is 23.7 Å². The smallest absolute Gasteiger partial charge is 0.165 e. The van der Waals surface area contributed by atoms with E-state index in [1.807, 2.05) is 13.8 Å². The summed E-state index contributed by atoms with van der Waals surface area (Å²) in [5.41, 5.74) is 1.50. The zero-order valence-electron chi connectivity index (χ0n) is 10.3. The highest BCUT2D eigenvalue weighted by atomic mass is 32.1. The third-order valence-corrected chi connectivity index (χ3v) is 2.83. The molecular formula is C13H15FN2OS. The van der Waals surface area contributed by atoms with Gasteiger partial charge in [-0.15, -0.1) is 0 Å². The summed E-state index contributed by atoms with van der Waals surface area (Å²) in [6.45, 7) is 4.28. The minimum atomic E-state index is -0.378. The lowest BCUT2D eigenvalue weighted by Crippen LogP contribution is -2.22. The maximum Gasteiger partial charge on any atom is 0.165 e. The lowest BCUT2D eigenvalue weighted by molar-refractivity contribution is 0.231. The number of halogens is 1. The van der Waals surface area contributed by atoms with Gasteiger partial charge in [0.25, 0.3) is 0 Å². The van der Waals surface area contributed by atoms with Crippen LogP contribution < -0.4 is 10.1 Å². The number of fused-ring (bicyclic) bond motifs is 1. The minimum absolute atomic E-state index is 0.0186. The molecule has 1 N–H and O–H groups in total. The Morgan fingerprint density at radius 1 is 1.56 bits per heavy atom. The Kier molecular flexibility index (Phi) is 3.91. The molecule has 2 rings (SSSR count). The lowest BCUT2D eigenvalue weighted by Gasteiger charge is -2.16. The van der Waals surface area contributed by atoms with Crippen LogP contribution in [0.3, 0.4) is 0 Å². The van der Waals surface area contributed by atoms with E-state index in [9.17, 15) is 4.39 Å². The predicted molar refractivity (Wildman–Crippen MR) is 75.7 cm³/mol. The molecule has 1 aromatic carbocycles. The number of nitrogens with one attached hydrogen (secondary N) is 1. The highest BCUT2D eigenvalue weighted by molar-refractivity contribution is 7.79. The summed E-state index contributed by atoms with van der Waals surface area (Å²) in [7, 11) is 0. The normalized spacial score (nSPS) is 17.9. The van der Waals surface area contributed by atoms with Crippen LogP contribution in [0, 0.1) is 5.82 Å². The van der Waals surface area contributed by atoms with E-state index < -0.39 is 0 Å². The van der Waals surface area contributed by atoms with Crippen LogP contribution in [-0.2, 0) is 0 Å². The number of benzodiazepines with no additional fused rings is 1. The van der Waals surface area contributed by atoms with Crippen LogP contribution >= 0.6 is 12.2 Å². The van der Waals surface area contributed by atoms with Gasteiger partial charge in [-0.3, -0.25) is 4.99 Å². The van der Waals surface area contributed by atoms with Crippen LogP contribution in [0.1, 0.15) is 19.4 Å². The van der Waals surface area contributed by atoms with Crippen LogP contribution in [0.2, 0.25) is 0 Å². The summed E-state index contributed by atoms with van der Waals surface area (Å²) in [5, 5.41) is 4.84. The number of anilines is 1. The van der Waals surface area contributed by atoms with Gasteiger partial charge in [0, 0.05) is 28.9 Å². The molecule has 0 saturated carbocycles. The number of aliphatic imine (C=N–C) groups is 1. The predicted octanol–water partition coefficient (Wildman–Crippen LogP) is 2.83. The number of rotatable bonds is 3. The molecule has 96 valence electrons. The molecule has 18 heavy (non-hydrogen) atoms. The van der Waals surface area contributed by atoms with E-state index in [1.54, 1.807) is 17.6 Å². The third-order valence-electron chi connectivity index (χ3n) is 2.50. The molecule has 3 nitrogen and oxygen atoms in total. The Balaban J connectivity index is 2.37. The van der Waals surface area contributed by atoms with Gasteiger partial charge in [-0.2, -0.15) is 0 Å². The van der Waals surface area contributed by atoms with E-state index in [0.717, 1.165) is 5.69 Å². The minimum Gasteiger partial charge on any atom is -0.488 e. The highest BCUT2D eigenvalue weighted by Crippen LogP contribution is 2.27. The van der Waals surface area contributed by atoms with Crippen LogP contribution in [0.15, 0.2) is 17.1 Å². The Hall–Kier alpha value is -1.49. The first-order chi connectivity index (χ1) is 8.60. The molecule has 1 aliphatic heterocycles. The van der Waals surface area contributed by atoms with Gasteiger partial charge in [-0.25, -0.2) is 4.39 Å². The zero-order valence-corrected chi connectivity index (χ0v) is 11.1. The molecule has 0 spiro atoms. The van der Waals surface area contributed by atoms with Crippen molar-refractivity contribution in [2.45, 2.75) is 26.0 Å². The molecule has 1 heterocycles. The molecular weight excluding hydrogens is 251 g/mol. The number of benzene rings is 1. The third kappa shape index (κ3) is 2.85. The molecule has 0 aromatic heterocycles. The van der Waals surface area contributed by atoms with Crippen molar-refractivity contribution in [1.29, 1.82) is 0 Å². The number of ether oxygens (including phenoxy) is 1. The van der Waals surface area contributed by atoms with Gasteiger partial charge in [0.15, 0.2) is 11.6 Å². The number of thiocarbonyl (C=S) groups is 1. The Morgan fingerprint density at radius 2 is 2.33 bits per heavy atom. The van der Waals surface area contributed by atoms with Gasteiger partial charge >= 0.3 is 0 Å². The maximum atomic E-state index is 13.8. The van der Waals surface area contributed by atoms with Gasteiger partial charge in [0.05, 0.1) is 18.7 Å². The van der Waals surface area contributed by atoms with Gasteiger partial charge in [0.2, 0.25) is 0 Å². The zero-order chi connectivity index (χ0) is 13.1. The standard InChI is InChI=1S/C13H15FN2OS/c1-8(2)17-13-4-12-9(3-11(13)14)5-15-6-10(7-18)16-12/h3-5,7-8,10,16H,6H2,1-2H3. The van der Waals surface area contributed by atoms with E-state index >= 15 is 0 Å². The van der Waals surface area contributed by atoms with Crippen molar-refractivity contribution in [2.75, 3.05) is 11.9 Å². The molecule has 0 amide bonds. The van der Waals surface area contributed by atoms with Crippen molar-refractivity contribution in [2.24, 2.45) is 4.99 Å². The van der Waals surface area contributed by atoms with Crippen LogP contribution in [0.4, 0.5) is 10.1 Å². The summed E-state index contributed by atoms with van der Waals surface area (Å²) >= 11 is 4.92.